The van der Waals surface area contributed by atoms with E-state index >= 15 is 0 Å². The lowest BCUT2D eigenvalue weighted by Crippen LogP contribution is -2.18. The number of aliphatic carboxylic acids is 1. The van der Waals surface area contributed by atoms with Crippen molar-refractivity contribution >= 4 is 17.8 Å². The van der Waals surface area contributed by atoms with E-state index in [1.165, 1.54) is 6.42 Å². The number of nitrogens with two attached hydrogens (primary N) is 1. The molecule has 1 aliphatic rings. The third kappa shape index (κ3) is 16.9. The van der Waals surface area contributed by atoms with E-state index in [1.807, 2.05) is 0 Å². The first-order chi connectivity index (χ1) is 8.47. The number of carbonyl (C=O) groups is 3. The molecule has 106 valence electrons. The van der Waals surface area contributed by atoms with Gasteiger partial charge in [-0.2, -0.15) is 0 Å². The molecule has 18 heavy (non-hydrogen) atoms. The van der Waals surface area contributed by atoms with Crippen LogP contribution >= 0.6 is 0 Å². The third-order valence-corrected chi connectivity index (χ3v) is 1.79. The molecule has 0 aromatic carbocycles. The van der Waals surface area contributed by atoms with Gasteiger partial charge in [-0.1, -0.05) is 19.8 Å². The number of hydrogen-bond donors (Lipinski definition) is 4. The molecule has 2 amide bonds. The van der Waals surface area contributed by atoms with E-state index in [4.69, 9.17) is 10.2 Å². The maximum Gasteiger partial charge on any atom is 0.317 e. The fourth-order valence-electron chi connectivity index (χ4n) is 0.869. The predicted molar refractivity (Wildman–Crippen MR) is 65.7 cm³/mol. The molecule has 7 heteroatoms. The Labute approximate surface area is 106 Å². The Hall–Kier alpha value is -1.47. The van der Waals surface area contributed by atoms with Gasteiger partial charge in [0.2, 0.25) is 11.8 Å². The predicted octanol–water partition coefficient (Wildman–Crippen LogP) is -0.378. The molecule has 0 unspecified atom stereocenters. The standard InChI is InChI=1S/C5H12O.C4H5NO2.C2H5NO2/c1-2-3-4-5-6;6-3-1-2-4(7)5-3;3-1-2(4)5/h6H,2-5H2,1H3;1-2H2,(H,5,6,7);1,3H2,(H,4,5). The Kier molecular flexibility index (Phi) is 14.3. The highest BCUT2D eigenvalue weighted by Crippen LogP contribution is 1.95. The number of nitrogens with one attached hydrogen (secondary N) is 1. The minimum absolute atomic E-state index is 0.148. The van der Waals surface area contributed by atoms with Gasteiger partial charge >= 0.3 is 5.97 Å². The first-order valence-corrected chi connectivity index (χ1v) is 5.83. The van der Waals surface area contributed by atoms with Crippen LogP contribution in [0.4, 0.5) is 0 Å². The van der Waals surface area contributed by atoms with Crippen molar-refractivity contribution in [2.45, 2.75) is 39.0 Å². The summed E-state index contributed by atoms with van der Waals surface area (Å²) in [6.07, 6.45) is 4.07. The van der Waals surface area contributed by atoms with Crippen LogP contribution < -0.4 is 11.1 Å². The van der Waals surface area contributed by atoms with Crippen LogP contribution in [0.5, 0.6) is 0 Å². The summed E-state index contributed by atoms with van der Waals surface area (Å²) < 4.78 is 0. The topological polar surface area (TPSA) is 130 Å². The van der Waals surface area contributed by atoms with Gasteiger partial charge in [-0.25, -0.2) is 0 Å². The van der Waals surface area contributed by atoms with Crippen molar-refractivity contribution in [2.75, 3.05) is 13.2 Å². The average molecular weight is 262 g/mol. The Bertz CT molecular complexity index is 238. The number of hydrogen-bond acceptors (Lipinski definition) is 5. The van der Waals surface area contributed by atoms with Gasteiger partial charge in [0.05, 0.1) is 6.54 Å². The molecule has 7 nitrogen and oxygen atoms in total. The van der Waals surface area contributed by atoms with Gasteiger partial charge in [-0.15, -0.1) is 0 Å². The second kappa shape index (κ2) is 13.6. The lowest BCUT2D eigenvalue weighted by molar-refractivity contribution is -0.135. The fourth-order valence-corrected chi connectivity index (χ4v) is 0.869. The van der Waals surface area contributed by atoms with Crippen LogP contribution in [0.3, 0.4) is 0 Å². The highest BCUT2D eigenvalue weighted by Gasteiger charge is 2.15. The molecule has 0 aromatic rings. The Morgan fingerprint density at radius 2 is 1.72 bits per heavy atom. The fraction of sp³-hybridized carbons (Fsp3) is 0.727. The van der Waals surface area contributed by atoms with Crippen LogP contribution in [0, 0.1) is 0 Å². The van der Waals surface area contributed by atoms with Crippen molar-refractivity contribution < 1.29 is 24.6 Å². The molecule has 1 rings (SSSR count). The monoisotopic (exact) mass is 262 g/mol. The number of imide groups is 1. The van der Waals surface area contributed by atoms with Gasteiger partial charge in [-0.05, 0) is 6.42 Å². The molecule has 0 saturated carbocycles. The van der Waals surface area contributed by atoms with Gasteiger partial charge in [0.25, 0.3) is 0 Å². The number of aliphatic hydroxyl groups is 1. The molecule has 0 aliphatic carbocycles. The minimum atomic E-state index is -0.968. The van der Waals surface area contributed by atoms with Crippen molar-refractivity contribution in [3.63, 3.8) is 0 Å². The highest BCUT2D eigenvalue weighted by molar-refractivity contribution is 6.01. The van der Waals surface area contributed by atoms with E-state index < -0.39 is 5.97 Å². The summed E-state index contributed by atoms with van der Waals surface area (Å²) in [6, 6.07) is 0. The largest absolute Gasteiger partial charge is 0.480 e. The molecule has 0 bridgehead atoms. The molecule has 1 aliphatic heterocycles. The zero-order valence-electron chi connectivity index (χ0n) is 10.6. The van der Waals surface area contributed by atoms with Crippen molar-refractivity contribution in [2.24, 2.45) is 5.73 Å². The molecular formula is C11H22N2O5. The van der Waals surface area contributed by atoms with E-state index in [0.717, 1.165) is 12.8 Å². The SMILES string of the molecule is CCCCCO.NCC(=O)O.O=C1CCC(=O)N1. The highest BCUT2D eigenvalue weighted by atomic mass is 16.4. The third-order valence-electron chi connectivity index (χ3n) is 1.79. The summed E-state index contributed by atoms with van der Waals surface area (Å²) in [7, 11) is 0. The van der Waals surface area contributed by atoms with Crippen molar-refractivity contribution in [3.8, 4) is 0 Å². The molecule has 1 heterocycles. The molecule has 0 aromatic heterocycles. The number of aliphatic hydroxyl groups excluding tert-OH is 1. The van der Waals surface area contributed by atoms with Crippen LogP contribution in [-0.4, -0.2) is 41.1 Å². The first-order valence-electron chi connectivity index (χ1n) is 5.83. The van der Waals surface area contributed by atoms with E-state index in [2.05, 4.69) is 18.0 Å². The lowest BCUT2D eigenvalue weighted by atomic mass is 10.3. The van der Waals surface area contributed by atoms with Crippen molar-refractivity contribution in [1.29, 1.82) is 0 Å². The molecule has 5 N–H and O–H groups in total. The van der Waals surface area contributed by atoms with Gasteiger partial charge in [0, 0.05) is 19.4 Å². The van der Waals surface area contributed by atoms with Gasteiger partial charge < -0.3 is 15.9 Å². The number of carboxylic acids is 1. The van der Waals surface area contributed by atoms with Gasteiger partial charge in [0.1, 0.15) is 0 Å². The summed E-state index contributed by atoms with van der Waals surface area (Å²) in [6.45, 7) is 2.20. The Morgan fingerprint density at radius 3 is 1.83 bits per heavy atom. The lowest BCUT2D eigenvalue weighted by Gasteiger charge is -1.85. The van der Waals surface area contributed by atoms with Gasteiger partial charge in [-0.3, -0.25) is 19.7 Å². The number of rotatable bonds is 4. The van der Waals surface area contributed by atoms with Crippen LogP contribution in [0.2, 0.25) is 0 Å². The number of carbonyl (C=O) groups excluding carboxylic acids is 2. The summed E-state index contributed by atoms with van der Waals surface area (Å²) in [4.78, 5) is 29.5. The van der Waals surface area contributed by atoms with E-state index in [1.54, 1.807) is 0 Å². The van der Waals surface area contributed by atoms with Crippen molar-refractivity contribution in [1.82, 2.24) is 5.32 Å². The number of carboxylic acid groups (broad SMARTS) is 1. The minimum Gasteiger partial charge on any atom is -0.480 e. The molecule has 0 radical (unpaired) electrons. The van der Waals surface area contributed by atoms with Crippen LogP contribution in [-0.2, 0) is 14.4 Å². The van der Waals surface area contributed by atoms with E-state index in [0.29, 0.717) is 19.4 Å². The smallest absolute Gasteiger partial charge is 0.317 e. The van der Waals surface area contributed by atoms with E-state index in [9.17, 15) is 14.4 Å². The van der Waals surface area contributed by atoms with Crippen LogP contribution in [0.25, 0.3) is 0 Å². The maximum absolute atomic E-state index is 10.1. The summed E-state index contributed by atoms with van der Waals surface area (Å²) in [5, 5.41) is 17.9. The average Bonchev–Trinajstić information content (AvgIpc) is 2.72. The Morgan fingerprint density at radius 1 is 1.28 bits per heavy atom. The second-order valence-electron chi connectivity index (χ2n) is 3.50. The van der Waals surface area contributed by atoms with Crippen LogP contribution in [0.1, 0.15) is 39.0 Å². The maximum atomic E-state index is 10.1. The summed E-state index contributed by atoms with van der Waals surface area (Å²) in [5.74, 6) is -1.26. The van der Waals surface area contributed by atoms with Crippen LogP contribution in [0.15, 0.2) is 0 Å². The number of amides is 2. The molecule has 1 saturated heterocycles. The zero-order valence-corrected chi connectivity index (χ0v) is 10.6. The summed E-state index contributed by atoms with van der Waals surface area (Å²) in [5.41, 5.74) is 4.57. The Balaban J connectivity index is 0. The number of unbranched alkanes of at least 4 members (excludes halogenated alkanes) is 2. The van der Waals surface area contributed by atoms with Crippen molar-refractivity contribution in [3.05, 3.63) is 0 Å². The van der Waals surface area contributed by atoms with E-state index in [-0.39, 0.29) is 18.4 Å². The first kappa shape index (κ1) is 18.9. The second-order valence-corrected chi connectivity index (χ2v) is 3.50. The molecule has 1 fully saturated rings. The normalized spacial score (nSPS) is 12.8. The zero-order chi connectivity index (χ0) is 14.4. The van der Waals surface area contributed by atoms with Gasteiger partial charge in [0.15, 0.2) is 0 Å². The molecule has 0 atom stereocenters. The molecular weight excluding hydrogens is 240 g/mol. The summed E-state index contributed by atoms with van der Waals surface area (Å²) >= 11 is 0. The molecule has 0 spiro atoms. The quantitative estimate of drug-likeness (QED) is 0.403.